The van der Waals surface area contributed by atoms with Crippen molar-refractivity contribution in [3.8, 4) is 0 Å². The van der Waals surface area contributed by atoms with Crippen LogP contribution in [-0.4, -0.2) is 21.9 Å². The molecular weight excluding hydrogens is 266 g/mol. The molecule has 4 heteroatoms. The van der Waals surface area contributed by atoms with Crippen LogP contribution in [-0.2, 0) is 0 Å². The SMILES string of the molecule is CC(CCCNC(C)(C)C)n1cc(Br)cn1. The molecule has 1 heterocycles. The minimum Gasteiger partial charge on any atom is -0.312 e. The molecule has 0 spiro atoms. The zero-order valence-corrected chi connectivity index (χ0v) is 12.2. The highest BCUT2D eigenvalue weighted by Gasteiger charge is 2.09. The molecule has 0 aliphatic heterocycles. The van der Waals surface area contributed by atoms with E-state index >= 15 is 0 Å². The Hall–Kier alpha value is -0.350. The molecule has 1 rings (SSSR count). The molecule has 0 aromatic carbocycles. The molecule has 0 saturated heterocycles. The van der Waals surface area contributed by atoms with E-state index in [0.717, 1.165) is 17.4 Å². The van der Waals surface area contributed by atoms with Crippen molar-refractivity contribution in [2.24, 2.45) is 0 Å². The predicted molar refractivity (Wildman–Crippen MR) is 71.6 cm³/mol. The normalized spacial score (nSPS) is 14.1. The highest BCUT2D eigenvalue weighted by molar-refractivity contribution is 9.10. The lowest BCUT2D eigenvalue weighted by atomic mass is 10.1. The second-order valence-corrected chi connectivity index (χ2v) is 6.22. The Labute approximate surface area is 107 Å². The van der Waals surface area contributed by atoms with Crippen LogP contribution in [0.3, 0.4) is 0 Å². The molecule has 0 radical (unpaired) electrons. The van der Waals surface area contributed by atoms with E-state index in [-0.39, 0.29) is 5.54 Å². The van der Waals surface area contributed by atoms with Crippen LogP contribution in [0.5, 0.6) is 0 Å². The molecule has 0 aliphatic carbocycles. The van der Waals surface area contributed by atoms with Crippen LogP contribution >= 0.6 is 15.9 Å². The van der Waals surface area contributed by atoms with Gasteiger partial charge >= 0.3 is 0 Å². The molecule has 1 aromatic heterocycles. The van der Waals surface area contributed by atoms with Gasteiger partial charge in [-0.1, -0.05) is 0 Å². The summed E-state index contributed by atoms with van der Waals surface area (Å²) in [6, 6.07) is 0.466. The maximum atomic E-state index is 4.29. The van der Waals surface area contributed by atoms with Gasteiger partial charge < -0.3 is 5.32 Å². The molecular formula is C12H22BrN3. The Morgan fingerprint density at radius 1 is 1.50 bits per heavy atom. The maximum absolute atomic E-state index is 4.29. The fourth-order valence-electron chi connectivity index (χ4n) is 1.55. The van der Waals surface area contributed by atoms with Gasteiger partial charge in [-0.3, -0.25) is 4.68 Å². The third-order valence-electron chi connectivity index (χ3n) is 2.48. The van der Waals surface area contributed by atoms with Crippen molar-refractivity contribution < 1.29 is 0 Å². The molecule has 0 aliphatic rings. The first-order valence-corrected chi connectivity index (χ1v) is 6.62. The van der Waals surface area contributed by atoms with Gasteiger partial charge in [0.1, 0.15) is 0 Å². The van der Waals surface area contributed by atoms with Gasteiger partial charge in [0.2, 0.25) is 0 Å². The highest BCUT2D eigenvalue weighted by atomic mass is 79.9. The van der Waals surface area contributed by atoms with Crippen molar-refractivity contribution in [2.75, 3.05) is 6.54 Å². The van der Waals surface area contributed by atoms with E-state index in [9.17, 15) is 0 Å². The fourth-order valence-corrected chi connectivity index (χ4v) is 1.85. The fraction of sp³-hybridized carbons (Fsp3) is 0.750. The van der Waals surface area contributed by atoms with Gasteiger partial charge in [0.25, 0.3) is 0 Å². The van der Waals surface area contributed by atoms with Gasteiger partial charge in [-0.2, -0.15) is 5.10 Å². The molecule has 0 fully saturated rings. The Kier molecular flexibility index (Phi) is 4.99. The summed E-state index contributed by atoms with van der Waals surface area (Å²) in [6.07, 6.45) is 6.19. The third kappa shape index (κ3) is 5.12. The number of halogens is 1. The van der Waals surface area contributed by atoms with Crippen LogP contribution in [0.1, 0.15) is 46.6 Å². The van der Waals surface area contributed by atoms with Crippen molar-refractivity contribution in [1.82, 2.24) is 15.1 Å². The monoisotopic (exact) mass is 287 g/mol. The summed E-state index contributed by atoms with van der Waals surface area (Å²) in [6.45, 7) is 9.86. The van der Waals surface area contributed by atoms with Crippen LogP contribution in [0.25, 0.3) is 0 Å². The summed E-state index contributed by atoms with van der Waals surface area (Å²) >= 11 is 3.41. The molecule has 0 bridgehead atoms. The van der Waals surface area contributed by atoms with Crippen LogP contribution in [0, 0.1) is 0 Å². The lowest BCUT2D eigenvalue weighted by Gasteiger charge is -2.21. The maximum Gasteiger partial charge on any atom is 0.0632 e. The molecule has 0 amide bonds. The van der Waals surface area contributed by atoms with Gasteiger partial charge in [0, 0.05) is 17.8 Å². The van der Waals surface area contributed by atoms with Gasteiger partial charge in [-0.25, -0.2) is 0 Å². The van der Waals surface area contributed by atoms with Crippen LogP contribution in [0.15, 0.2) is 16.9 Å². The topological polar surface area (TPSA) is 29.9 Å². The minimum atomic E-state index is 0.220. The van der Waals surface area contributed by atoms with E-state index < -0.39 is 0 Å². The second-order valence-electron chi connectivity index (χ2n) is 5.31. The number of hydrogen-bond acceptors (Lipinski definition) is 2. The first-order chi connectivity index (χ1) is 7.38. The summed E-state index contributed by atoms with van der Waals surface area (Å²) < 4.78 is 3.06. The van der Waals surface area contributed by atoms with Gasteiger partial charge in [0.15, 0.2) is 0 Å². The lowest BCUT2D eigenvalue weighted by Crippen LogP contribution is -2.36. The molecule has 1 N–H and O–H groups in total. The summed E-state index contributed by atoms with van der Waals surface area (Å²) in [5.41, 5.74) is 0.220. The third-order valence-corrected chi connectivity index (χ3v) is 2.89. The number of hydrogen-bond donors (Lipinski definition) is 1. The Bertz CT molecular complexity index is 314. The van der Waals surface area contributed by atoms with Crippen LogP contribution in [0.4, 0.5) is 0 Å². The summed E-state index contributed by atoms with van der Waals surface area (Å²) in [5, 5.41) is 7.79. The van der Waals surface area contributed by atoms with Gasteiger partial charge in [-0.15, -0.1) is 0 Å². The van der Waals surface area contributed by atoms with Crippen molar-refractivity contribution in [3.05, 3.63) is 16.9 Å². The lowest BCUT2D eigenvalue weighted by molar-refractivity contribution is 0.390. The van der Waals surface area contributed by atoms with E-state index in [1.165, 1.54) is 6.42 Å². The first kappa shape index (κ1) is 13.7. The van der Waals surface area contributed by atoms with Crippen molar-refractivity contribution in [2.45, 2.75) is 52.1 Å². The van der Waals surface area contributed by atoms with Crippen LogP contribution in [0.2, 0.25) is 0 Å². The second kappa shape index (κ2) is 5.82. The zero-order valence-electron chi connectivity index (χ0n) is 10.6. The van der Waals surface area contributed by atoms with Crippen molar-refractivity contribution in [3.63, 3.8) is 0 Å². The number of nitrogens with one attached hydrogen (secondary N) is 1. The number of nitrogens with zero attached hydrogens (tertiary/aromatic N) is 2. The van der Waals surface area contributed by atoms with E-state index in [4.69, 9.17) is 0 Å². The molecule has 1 atom stereocenters. The Morgan fingerprint density at radius 3 is 2.69 bits per heavy atom. The van der Waals surface area contributed by atoms with E-state index in [2.05, 4.69) is 54.0 Å². The Morgan fingerprint density at radius 2 is 2.19 bits per heavy atom. The van der Waals surface area contributed by atoms with E-state index in [0.29, 0.717) is 6.04 Å². The molecule has 1 unspecified atom stereocenters. The minimum absolute atomic E-state index is 0.220. The number of aromatic nitrogens is 2. The average molecular weight is 288 g/mol. The molecule has 3 nitrogen and oxygen atoms in total. The van der Waals surface area contributed by atoms with E-state index in [1.54, 1.807) is 0 Å². The largest absolute Gasteiger partial charge is 0.312 e. The molecule has 1 aromatic rings. The molecule has 16 heavy (non-hydrogen) atoms. The van der Waals surface area contributed by atoms with Crippen molar-refractivity contribution >= 4 is 15.9 Å². The van der Waals surface area contributed by atoms with Crippen LogP contribution < -0.4 is 5.32 Å². The standard InChI is InChI=1S/C12H22BrN3/c1-10(16-9-11(13)8-15-16)6-5-7-14-12(2,3)4/h8-10,14H,5-7H2,1-4H3. The zero-order chi connectivity index (χ0) is 12.2. The van der Waals surface area contributed by atoms with Crippen molar-refractivity contribution in [1.29, 1.82) is 0 Å². The Balaban J connectivity index is 2.23. The summed E-state index contributed by atoms with van der Waals surface area (Å²) in [7, 11) is 0. The molecule has 0 saturated carbocycles. The highest BCUT2D eigenvalue weighted by Crippen LogP contribution is 2.15. The van der Waals surface area contributed by atoms with E-state index in [1.807, 2.05) is 17.1 Å². The molecule has 92 valence electrons. The first-order valence-electron chi connectivity index (χ1n) is 5.83. The predicted octanol–water partition coefficient (Wildman–Crippen LogP) is 3.37. The van der Waals surface area contributed by atoms with Gasteiger partial charge in [0.05, 0.1) is 10.7 Å². The number of rotatable bonds is 5. The smallest absolute Gasteiger partial charge is 0.0632 e. The quantitative estimate of drug-likeness (QED) is 0.842. The summed E-state index contributed by atoms with van der Waals surface area (Å²) in [4.78, 5) is 0. The van der Waals surface area contributed by atoms with Gasteiger partial charge in [-0.05, 0) is 63.0 Å². The summed E-state index contributed by atoms with van der Waals surface area (Å²) in [5.74, 6) is 0. The average Bonchev–Trinajstić information content (AvgIpc) is 2.57.